The predicted octanol–water partition coefficient (Wildman–Crippen LogP) is 2.75. The second kappa shape index (κ2) is 10.9. The number of aromatic nitrogens is 1. The van der Waals surface area contributed by atoms with Crippen LogP contribution in [0.15, 0.2) is 15.6 Å². The van der Waals surface area contributed by atoms with Crippen LogP contribution < -0.4 is 16.0 Å². The van der Waals surface area contributed by atoms with E-state index in [2.05, 4.69) is 33.0 Å². The Bertz CT molecular complexity index is 629. The zero-order valence-corrected chi connectivity index (χ0v) is 18.6. The number of rotatable bonds is 7. The van der Waals surface area contributed by atoms with Crippen LogP contribution in [0.4, 0.5) is 0 Å². The molecule has 0 bridgehead atoms. The summed E-state index contributed by atoms with van der Waals surface area (Å²) in [4.78, 5) is 17.0. The van der Waals surface area contributed by atoms with Crippen molar-refractivity contribution < 1.29 is 9.32 Å². The van der Waals surface area contributed by atoms with E-state index in [1.54, 1.807) is 0 Å². The smallest absolute Gasteiger partial charge is 0.223 e. The maximum atomic E-state index is 12.3. The van der Waals surface area contributed by atoms with Gasteiger partial charge in [-0.1, -0.05) is 18.5 Å². The highest BCUT2D eigenvalue weighted by Crippen LogP contribution is 2.26. The van der Waals surface area contributed by atoms with Gasteiger partial charge < -0.3 is 20.5 Å². The van der Waals surface area contributed by atoms with E-state index in [9.17, 15) is 4.79 Å². The molecular formula is C19H32IN5O2. The maximum absolute atomic E-state index is 12.3. The van der Waals surface area contributed by atoms with Crippen LogP contribution in [0.1, 0.15) is 63.8 Å². The van der Waals surface area contributed by atoms with Crippen LogP contribution in [0, 0.1) is 5.92 Å². The molecule has 1 amide bonds. The van der Waals surface area contributed by atoms with Crippen molar-refractivity contribution in [2.24, 2.45) is 10.9 Å². The fraction of sp³-hybridized carbons (Fsp3) is 0.737. The first kappa shape index (κ1) is 22.0. The topological polar surface area (TPSA) is 91.6 Å². The Balaban J connectivity index is 0.00000261. The van der Waals surface area contributed by atoms with E-state index in [-0.39, 0.29) is 41.8 Å². The average Bonchev–Trinajstić information content (AvgIpc) is 3.34. The minimum atomic E-state index is 0. The summed E-state index contributed by atoms with van der Waals surface area (Å²) < 4.78 is 5.30. The third kappa shape index (κ3) is 6.97. The number of hydrogen-bond donors (Lipinski definition) is 3. The van der Waals surface area contributed by atoms with Crippen LogP contribution in [0.2, 0.25) is 0 Å². The van der Waals surface area contributed by atoms with E-state index in [1.807, 2.05) is 13.0 Å². The molecule has 27 heavy (non-hydrogen) atoms. The SMILES string of the molecule is CCNC(=NCc1cc(CC)no1)NC1CCCC(C(=O)NC2CC2)C1.I. The van der Waals surface area contributed by atoms with Gasteiger partial charge in [-0.05, 0) is 45.4 Å². The van der Waals surface area contributed by atoms with Crippen LogP contribution in [-0.4, -0.2) is 35.7 Å². The number of halogens is 1. The number of amides is 1. The van der Waals surface area contributed by atoms with Gasteiger partial charge in [-0.15, -0.1) is 24.0 Å². The molecule has 8 heteroatoms. The maximum Gasteiger partial charge on any atom is 0.223 e. The Hall–Kier alpha value is -1.32. The Labute approximate surface area is 178 Å². The molecule has 1 heterocycles. The fourth-order valence-corrected chi connectivity index (χ4v) is 3.37. The number of aryl methyl sites for hydroxylation is 1. The molecule has 152 valence electrons. The molecule has 2 atom stereocenters. The van der Waals surface area contributed by atoms with Crippen molar-refractivity contribution in [1.82, 2.24) is 21.1 Å². The molecule has 0 saturated heterocycles. The Kier molecular flexibility index (Phi) is 8.85. The molecule has 2 fully saturated rings. The van der Waals surface area contributed by atoms with Crippen LogP contribution in [0.5, 0.6) is 0 Å². The molecule has 0 spiro atoms. The van der Waals surface area contributed by atoms with Gasteiger partial charge in [-0.2, -0.15) is 0 Å². The van der Waals surface area contributed by atoms with E-state index < -0.39 is 0 Å². The average molecular weight is 489 g/mol. The van der Waals surface area contributed by atoms with Crippen molar-refractivity contribution >= 4 is 35.8 Å². The Morgan fingerprint density at radius 1 is 1.22 bits per heavy atom. The first-order valence-corrected chi connectivity index (χ1v) is 9.97. The molecular weight excluding hydrogens is 457 g/mol. The van der Waals surface area contributed by atoms with E-state index in [0.29, 0.717) is 12.6 Å². The van der Waals surface area contributed by atoms with E-state index in [4.69, 9.17) is 4.52 Å². The minimum absolute atomic E-state index is 0. The molecule has 1 aromatic heterocycles. The lowest BCUT2D eigenvalue weighted by Crippen LogP contribution is -2.47. The van der Waals surface area contributed by atoms with Gasteiger partial charge >= 0.3 is 0 Å². The number of nitrogens with zero attached hydrogens (tertiary/aromatic N) is 2. The van der Waals surface area contributed by atoms with Crippen LogP contribution in [-0.2, 0) is 17.8 Å². The Morgan fingerprint density at radius 2 is 2.04 bits per heavy atom. The molecule has 2 saturated carbocycles. The molecule has 2 aliphatic carbocycles. The van der Waals surface area contributed by atoms with Crippen LogP contribution in [0.25, 0.3) is 0 Å². The van der Waals surface area contributed by atoms with E-state index in [1.165, 1.54) is 0 Å². The number of nitrogens with one attached hydrogen (secondary N) is 3. The summed E-state index contributed by atoms with van der Waals surface area (Å²) in [6, 6.07) is 2.66. The number of carbonyl (C=O) groups is 1. The minimum Gasteiger partial charge on any atom is -0.359 e. The summed E-state index contributed by atoms with van der Waals surface area (Å²) >= 11 is 0. The Morgan fingerprint density at radius 3 is 2.70 bits per heavy atom. The summed E-state index contributed by atoms with van der Waals surface area (Å²) in [5.41, 5.74) is 0.949. The number of aliphatic imine (C=N–C) groups is 1. The van der Waals surface area contributed by atoms with Crippen molar-refractivity contribution in [2.45, 2.75) is 77.4 Å². The van der Waals surface area contributed by atoms with Gasteiger partial charge in [0.1, 0.15) is 6.54 Å². The van der Waals surface area contributed by atoms with Crippen LogP contribution >= 0.6 is 24.0 Å². The van der Waals surface area contributed by atoms with Crippen molar-refractivity contribution in [1.29, 1.82) is 0 Å². The lowest BCUT2D eigenvalue weighted by molar-refractivity contribution is -0.126. The van der Waals surface area contributed by atoms with Crippen molar-refractivity contribution in [3.63, 3.8) is 0 Å². The molecule has 1 aromatic rings. The highest BCUT2D eigenvalue weighted by molar-refractivity contribution is 14.0. The highest BCUT2D eigenvalue weighted by Gasteiger charge is 2.31. The zero-order valence-electron chi connectivity index (χ0n) is 16.3. The van der Waals surface area contributed by atoms with E-state index in [0.717, 1.165) is 68.9 Å². The van der Waals surface area contributed by atoms with E-state index >= 15 is 0 Å². The molecule has 3 rings (SSSR count). The zero-order chi connectivity index (χ0) is 18.4. The normalized spacial score (nSPS) is 22.7. The lowest BCUT2D eigenvalue weighted by atomic mass is 9.85. The lowest BCUT2D eigenvalue weighted by Gasteiger charge is -2.30. The standard InChI is InChI=1S/C19H31N5O2.HI/c1-3-14-11-17(26-24-14)12-21-19(20-4-2)23-16-7-5-6-13(10-16)18(25)22-15-8-9-15;/h11,13,15-16H,3-10,12H2,1-2H3,(H,22,25)(H2,20,21,23);1H. The second-order valence-corrected chi connectivity index (χ2v) is 7.32. The quantitative estimate of drug-likeness (QED) is 0.311. The van der Waals surface area contributed by atoms with Gasteiger partial charge in [-0.25, -0.2) is 4.99 Å². The molecule has 0 aromatic carbocycles. The predicted molar refractivity (Wildman–Crippen MR) is 116 cm³/mol. The molecule has 2 unspecified atom stereocenters. The second-order valence-electron chi connectivity index (χ2n) is 7.32. The summed E-state index contributed by atoms with van der Waals surface area (Å²) in [7, 11) is 0. The fourth-order valence-electron chi connectivity index (χ4n) is 3.37. The summed E-state index contributed by atoms with van der Waals surface area (Å²) in [5, 5.41) is 13.9. The van der Waals surface area contributed by atoms with Gasteiger partial charge in [0, 0.05) is 30.6 Å². The number of carbonyl (C=O) groups excluding carboxylic acids is 1. The van der Waals surface area contributed by atoms with Crippen LogP contribution in [0.3, 0.4) is 0 Å². The molecule has 2 aliphatic rings. The first-order valence-electron chi connectivity index (χ1n) is 9.97. The van der Waals surface area contributed by atoms with Gasteiger partial charge in [0.2, 0.25) is 5.91 Å². The van der Waals surface area contributed by atoms with Gasteiger partial charge in [-0.3, -0.25) is 4.79 Å². The molecule has 7 nitrogen and oxygen atoms in total. The molecule has 3 N–H and O–H groups in total. The molecule has 0 aliphatic heterocycles. The van der Waals surface area contributed by atoms with Gasteiger partial charge in [0.15, 0.2) is 11.7 Å². The largest absolute Gasteiger partial charge is 0.359 e. The molecule has 0 radical (unpaired) electrons. The third-order valence-electron chi connectivity index (χ3n) is 5.02. The summed E-state index contributed by atoms with van der Waals surface area (Å²) in [6.45, 7) is 5.35. The van der Waals surface area contributed by atoms with Gasteiger partial charge in [0.05, 0.1) is 5.69 Å². The number of guanidine groups is 1. The van der Waals surface area contributed by atoms with Crippen molar-refractivity contribution in [3.05, 3.63) is 17.5 Å². The summed E-state index contributed by atoms with van der Waals surface area (Å²) in [6.07, 6.45) is 7.13. The summed E-state index contributed by atoms with van der Waals surface area (Å²) in [5.74, 6) is 1.89. The number of hydrogen-bond acceptors (Lipinski definition) is 4. The third-order valence-corrected chi connectivity index (χ3v) is 5.02. The van der Waals surface area contributed by atoms with Crippen molar-refractivity contribution in [2.75, 3.05) is 6.54 Å². The monoisotopic (exact) mass is 489 g/mol. The van der Waals surface area contributed by atoms with Crippen molar-refractivity contribution in [3.8, 4) is 0 Å². The first-order chi connectivity index (χ1) is 12.7. The highest BCUT2D eigenvalue weighted by atomic mass is 127. The van der Waals surface area contributed by atoms with Gasteiger partial charge in [0.25, 0.3) is 0 Å².